The first-order valence-corrected chi connectivity index (χ1v) is 4.33. The second-order valence-corrected chi connectivity index (χ2v) is 3.09. The van der Waals surface area contributed by atoms with Gasteiger partial charge in [-0.1, -0.05) is 32.4 Å². The van der Waals surface area contributed by atoms with Crippen molar-refractivity contribution in [1.82, 2.24) is 4.90 Å². The second kappa shape index (κ2) is 3.13. The lowest BCUT2D eigenvalue weighted by atomic mass is 10.0. The fraction of sp³-hybridized carbons (Fsp3) is 0.500. The smallest absolute Gasteiger partial charge is 0.258 e. The summed E-state index contributed by atoms with van der Waals surface area (Å²) in [6.07, 6.45) is 6.35. The number of carbonyl (C=O) groups excluding carboxylic acids is 1. The predicted molar refractivity (Wildman–Crippen MR) is 49.5 cm³/mol. The standard InChI is InChI=1S/C10H15NO/c1-4-7-8-10(5-2)9(12)11(10)6-3/h5-6H,2-4,7-8H2,1H3. The Morgan fingerprint density at radius 3 is 2.58 bits per heavy atom. The summed E-state index contributed by atoms with van der Waals surface area (Å²) in [4.78, 5) is 12.9. The number of rotatable bonds is 5. The maximum atomic E-state index is 11.3. The summed E-state index contributed by atoms with van der Waals surface area (Å²) in [7, 11) is 0. The molecule has 0 aromatic rings. The van der Waals surface area contributed by atoms with Gasteiger partial charge in [-0.25, -0.2) is 0 Å². The van der Waals surface area contributed by atoms with Gasteiger partial charge in [0.05, 0.1) is 0 Å². The minimum Gasteiger partial charge on any atom is -0.299 e. The largest absolute Gasteiger partial charge is 0.299 e. The summed E-state index contributed by atoms with van der Waals surface area (Å²) in [6, 6.07) is 0. The molecule has 1 fully saturated rings. The van der Waals surface area contributed by atoms with Crippen LogP contribution in [-0.2, 0) is 4.79 Å². The highest BCUT2D eigenvalue weighted by Crippen LogP contribution is 2.40. The molecule has 0 aromatic carbocycles. The Labute approximate surface area is 73.6 Å². The minimum absolute atomic E-state index is 0.140. The van der Waals surface area contributed by atoms with Crippen molar-refractivity contribution in [1.29, 1.82) is 0 Å². The van der Waals surface area contributed by atoms with E-state index < -0.39 is 5.54 Å². The fourth-order valence-corrected chi connectivity index (χ4v) is 1.50. The summed E-state index contributed by atoms with van der Waals surface area (Å²) in [5.41, 5.74) is -0.391. The van der Waals surface area contributed by atoms with Gasteiger partial charge in [-0.15, -0.1) is 6.58 Å². The highest BCUT2D eigenvalue weighted by Gasteiger charge is 2.58. The van der Waals surface area contributed by atoms with E-state index in [4.69, 9.17) is 0 Å². The van der Waals surface area contributed by atoms with E-state index in [2.05, 4.69) is 20.1 Å². The van der Waals surface area contributed by atoms with Gasteiger partial charge in [0, 0.05) is 6.20 Å². The summed E-state index contributed by atoms with van der Waals surface area (Å²) >= 11 is 0. The van der Waals surface area contributed by atoms with Gasteiger partial charge >= 0.3 is 0 Å². The van der Waals surface area contributed by atoms with E-state index in [9.17, 15) is 4.79 Å². The van der Waals surface area contributed by atoms with E-state index in [-0.39, 0.29) is 5.91 Å². The van der Waals surface area contributed by atoms with Gasteiger partial charge in [-0.05, 0) is 6.42 Å². The number of hydrogen-bond acceptors (Lipinski definition) is 1. The number of unbranched alkanes of at least 4 members (excludes halogenated alkanes) is 1. The van der Waals surface area contributed by atoms with Gasteiger partial charge in [0.1, 0.15) is 5.54 Å². The molecular formula is C10H15NO. The molecule has 0 N–H and O–H groups in total. The highest BCUT2D eigenvalue weighted by atomic mass is 16.2. The zero-order valence-electron chi connectivity index (χ0n) is 7.55. The highest BCUT2D eigenvalue weighted by molar-refractivity contribution is 6.05. The monoisotopic (exact) mass is 165 g/mol. The van der Waals surface area contributed by atoms with Crippen molar-refractivity contribution in [2.24, 2.45) is 0 Å². The SMILES string of the molecule is C=CN1C(=O)C1(C=C)CCCC. The Kier molecular flexibility index (Phi) is 2.36. The quantitative estimate of drug-likeness (QED) is 0.451. The first kappa shape index (κ1) is 9.04. The Morgan fingerprint density at radius 2 is 2.25 bits per heavy atom. The molecule has 1 amide bonds. The molecule has 1 rings (SSSR count). The van der Waals surface area contributed by atoms with Gasteiger partial charge in [-0.3, -0.25) is 9.69 Å². The van der Waals surface area contributed by atoms with E-state index in [1.165, 1.54) is 0 Å². The van der Waals surface area contributed by atoms with Crippen molar-refractivity contribution >= 4 is 5.91 Å². The van der Waals surface area contributed by atoms with Crippen LogP contribution in [0.2, 0.25) is 0 Å². The van der Waals surface area contributed by atoms with Crippen LogP contribution in [0.25, 0.3) is 0 Å². The lowest BCUT2D eigenvalue weighted by molar-refractivity contribution is -0.113. The van der Waals surface area contributed by atoms with Crippen molar-refractivity contribution < 1.29 is 4.79 Å². The molecule has 0 radical (unpaired) electrons. The van der Waals surface area contributed by atoms with Crippen LogP contribution in [0.3, 0.4) is 0 Å². The van der Waals surface area contributed by atoms with Crippen molar-refractivity contribution in [3.63, 3.8) is 0 Å². The molecule has 2 nitrogen and oxygen atoms in total. The summed E-state index contributed by atoms with van der Waals surface area (Å²) in [6.45, 7) is 9.38. The van der Waals surface area contributed by atoms with Crippen LogP contribution in [-0.4, -0.2) is 16.3 Å². The van der Waals surface area contributed by atoms with Crippen LogP contribution in [0.5, 0.6) is 0 Å². The molecule has 1 atom stereocenters. The summed E-state index contributed by atoms with van der Waals surface area (Å²) in [5, 5.41) is 0. The molecule has 0 aromatic heterocycles. The zero-order valence-corrected chi connectivity index (χ0v) is 7.55. The third-order valence-corrected chi connectivity index (χ3v) is 2.40. The third kappa shape index (κ3) is 1.07. The van der Waals surface area contributed by atoms with Gasteiger partial charge in [0.15, 0.2) is 0 Å². The normalized spacial score (nSPS) is 27.1. The summed E-state index contributed by atoms with van der Waals surface area (Å²) in [5.74, 6) is 0.140. The van der Waals surface area contributed by atoms with E-state index >= 15 is 0 Å². The van der Waals surface area contributed by atoms with E-state index in [1.54, 1.807) is 17.2 Å². The molecule has 0 bridgehead atoms. The molecule has 1 unspecified atom stereocenters. The Hall–Kier alpha value is -1.05. The number of carbonyl (C=O) groups is 1. The summed E-state index contributed by atoms with van der Waals surface area (Å²) < 4.78 is 0. The molecule has 1 aliphatic heterocycles. The molecular weight excluding hydrogens is 150 g/mol. The van der Waals surface area contributed by atoms with Gasteiger partial charge in [0.2, 0.25) is 0 Å². The van der Waals surface area contributed by atoms with Crippen LogP contribution < -0.4 is 0 Å². The zero-order chi connectivity index (χ0) is 9.19. The van der Waals surface area contributed by atoms with Gasteiger partial charge < -0.3 is 0 Å². The molecule has 0 aliphatic carbocycles. The molecule has 2 heteroatoms. The topological polar surface area (TPSA) is 20.1 Å². The van der Waals surface area contributed by atoms with Crippen LogP contribution >= 0.6 is 0 Å². The Bertz CT molecular complexity index is 222. The predicted octanol–water partition coefficient (Wildman–Crippen LogP) is 2.09. The van der Waals surface area contributed by atoms with Crippen LogP contribution in [0.1, 0.15) is 26.2 Å². The molecule has 1 heterocycles. The number of nitrogens with zero attached hydrogens (tertiary/aromatic N) is 1. The van der Waals surface area contributed by atoms with Crippen LogP contribution in [0, 0.1) is 0 Å². The first-order valence-electron chi connectivity index (χ1n) is 4.33. The Morgan fingerprint density at radius 1 is 1.58 bits per heavy atom. The third-order valence-electron chi connectivity index (χ3n) is 2.40. The van der Waals surface area contributed by atoms with Gasteiger partial charge in [-0.2, -0.15) is 0 Å². The van der Waals surface area contributed by atoms with E-state index in [0.29, 0.717) is 0 Å². The Balaban J connectivity index is 2.61. The van der Waals surface area contributed by atoms with E-state index in [0.717, 1.165) is 19.3 Å². The molecule has 0 spiro atoms. The van der Waals surface area contributed by atoms with Crippen LogP contribution in [0.4, 0.5) is 0 Å². The second-order valence-electron chi connectivity index (χ2n) is 3.09. The van der Waals surface area contributed by atoms with Crippen molar-refractivity contribution in [2.75, 3.05) is 0 Å². The number of amides is 1. The van der Waals surface area contributed by atoms with E-state index in [1.807, 2.05) is 0 Å². The molecule has 66 valence electrons. The minimum atomic E-state index is -0.391. The average molecular weight is 165 g/mol. The molecule has 1 aliphatic rings. The number of hydrogen-bond donors (Lipinski definition) is 0. The first-order chi connectivity index (χ1) is 5.72. The molecule has 0 saturated carbocycles. The average Bonchev–Trinajstić information content (AvgIpc) is 2.67. The maximum Gasteiger partial charge on any atom is 0.258 e. The van der Waals surface area contributed by atoms with Crippen molar-refractivity contribution in [3.8, 4) is 0 Å². The molecule has 1 saturated heterocycles. The van der Waals surface area contributed by atoms with Crippen molar-refractivity contribution in [2.45, 2.75) is 31.7 Å². The fourth-order valence-electron chi connectivity index (χ4n) is 1.50. The molecule has 12 heavy (non-hydrogen) atoms. The van der Waals surface area contributed by atoms with Gasteiger partial charge in [0.25, 0.3) is 5.91 Å². The van der Waals surface area contributed by atoms with Crippen molar-refractivity contribution in [3.05, 3.63) is 25.4 Å². The maximum absolute atomic E-state index is 11.3. The van der Waals surface area contributed by atoms with Crippen LogP contribution in [0.15, 0.2) is 25.4 Å². The lowest BCUT2D eigenvalue weighted by Crippen LogP contribution is -2.12. The lowest BCUT2D eigenvalue weighted by Gasteiger charge is -2.06.